The van der Waals surface area contributed by atoms with Crippen molar-refractivity contribution in [2.24, 2.45) is 22.2 Å². The van der Waals surface area contributed by atoms with Crippen molar-refractivity contribution in [3.05, 3.63) is 48.0 Å². The van der Waals surface area contributed by atoms with Crippen molar-refractivity contribution in [3.63, 3.8) is 0 Å². The number of aromatic nitrogens is 2. The largest absolute Gasteiger partial charge is 0.508 e. The van der Waals surface area contributed by atoms with Crippen molar-refractivity contribution in [1.82, 2.24) is 25.9 Å². The number of amides is 3. The number of hydrogen-bond acceptors (Lipinski definition) is 8. The molecular formula is C24H35N9O6. The lowest BCUT2D eigenvalue weighted by Crippen LogP contribution is -2.57. The van der Waals surface area contributed by atoms with Gasteiger partial charge in [-0.05, 0) is 37.5 Å². The molecule has 1 heterocycles. The maximum atomic E-state index is 13.3. The summed E-state index contributed by atoms with van der Waals surface area (Å²) in [5, 5.41) is 26.9. The highest BCUT2D eigenvalue weighted by Crippen LogP contribution is 2.12. The average molecular weight is 546 g/mol. The van der Waals surface area contributed by atoms with Crippen LogP contribution in [0.3, 0.4) is 0 Å². The number of aromatic hydroxyl groups is 1. The van der Waals surface area contributed by atoms with E-state index >= 15 is 0 Å². The number of carbonyl (C=O) groups is 4. The third-order valence-corrected chi connectivity index (χ3v) is 5.59. The van der Waals surface area contributed by atoms with Crippen LogP contribution < -0.4 is 33.2 Å². The van der Waals surface area contributed by atoms with Crippen molar-refractivity contribution >= 4 is 29.7 Å². The van der Waals surface area contributed by atoms with Crippen molar-refractivity contribution in [1.29, 1.82) is 0 Å². The lowest BCUT2D eigenvalue weighted by Gasteiger charge is -2.25. The Morgan fingerprint density at radius 2 is 1.59 bits per heavy atom. The lowest BCUT2D eigenvalue weighted by molar-refractivity contribution is -0.142. The van der Waals surface area contributed by atoms with Gasteiger partial charge < -0.3 is 48.3 Å². The Balaban J connectivity index is 2.24. The smallest absolute Gasteiger partial charge is 0.326 e. The van der Waals surface area contributed by atoms with Gasteiger partial charge in [0.25, 0.3) is 0 Å². The number of carboxylic acids is 1. The highest BCUT2D eigenvalue weighted by molar-refractivity contribution is 5.94. The van der Waals surface area contributed by atoms with Crippen LogP contribution in [0.15, 0.2) is 41.8 Å². The number of guanidine groups is 1. The van der Waals surface area contributed by atoms with E-state index in [0.29, 0.717) is 17.7 Å². The molecule has 2 aromatic rings. The fourth-order valence-corrected chi connectivity index (χ4v) is 3.51. The van der Waals surface area contributed by atoms with Crippen LogP contribution in [0.25, 0.3) is 0 Å². The number of carboxylic acid groups (broad SMARTS) is 1. The fraction of sp³-hybridized carbons (Fsp3) is 0.417. The first-order chi connectivity index (χ1) is 18.5. The van der Waals surface area contributed by atoms with Crippen molar-refractivity contribution in [2.45, 2.75) is 56.8 Å². The van der Waals surface area contributed by atoms with E-state index in [9.17, 15) is 29.4 Å². The SMILES string of the molecule is CC(N)C(=O)NC(CCCN=C(N)N)C(=O)NC(Cc1ccc(O)cc1)C(=O)NC(Cc1cnc[nH]1)C(=O)O. The maximum Gasteiger partial charge on any atom is 0.326 e. The second-order valence-corrected chi connectivity index (χ2v) is 8.91. The first kappa shape index (κ1) is 30.6. The van der Waals surface area contributed by atoms with E-state index in [-0.39, 0.29) is 37.5 Å². The fourth-order valence-electron chi connectivity index (χ4n) is 3.51. The van der Waals surface area contributed by atoms with Gasteiger partial charge in [0.1, 0.15) is 23.9 Å². The molecule has 0 aliphatic heterocycles. The van der Waals surface area contributed by atoms with Gasteiger partial charge in [-0.1, -0.05) is 12.1 Å². The number of benzene rings is 1. The number of rotatable bonds is 15. The van der Waals surface area contributed by atoms with E-state index in [2.05, 4.69) is 30.9 Å². The van der Waals surface area contributed by atoms with Crippen molar-refractivity contribution in [3.8, 4) is 5.75 Å². The lowest BCUT2D eigenvalue weighted by atomic mass is 10.0. The summed E-state index contributed by atoms with van der Waals surface area (Å²) in [6, 6.07) is 1.45. The van der Waals surface area contributed by atoms with Crippen LogP contribution in [-0.4, -0.2) is 80.5 Å². The highest BCUT2D eigenvalue weighted by Gasteiger charge is 2.30. The molecular weight excluding hydrogens is 510 g/mol. The minimum Gasteiger partial charge on any atom is -0.508 e. The Bertz CT molecular complexity index is 1130. The Kier molecular flexibility index (Phi) is 11.7. The standard InChI is InChI=1S/C24H35N9O6/c1-13(25)20(35)31-17(3-2-8-29-24(26)27)21(36)32-18(9-14-4-6-16(34)7-5-14)22(37)33-19(23(38)39)10-15-11-28-12-30-15/h4-7,11-13,17-19,34H,2-3,8-10,25H2,1H3,(H,28,30)(H,31,35)(H,32,36)(H,33,37)(H,38,39)(H4,26,27,29). The minimum absolute atomic E-state index is 0.00809. The number of phenolic OH excluding ortho intramolecular Hbond substituents is 1. The molecule has 1 aromatic heterocycles. The van der Waals surface area contributed by atoms with E-state index < -0.39 is 47.9 Å². The van der Waals surface area contributed by atoms with E-state index in [1.807, 2.05) is 0 Å². The topological polar surface area (TPSA) is 264 Å². The number of nitrogens with one attached hydrogen (secondary N) is 4. The summed E-state index contributed by atoms with van der Waals surface area (Å²) < 4.78 is 0. The molecule has 0 aliphatic rings. The third kappa shape index (κ3) is 10.7. The number of nitrogens with zero attached hydrogens (tertiary/aromatic N) is 2. The zero-order valence-electron chi connectivity index (χ0n) is 21.5. The molecule has 15 nitrogen and oxygen atoms in total. The van der Waals surface area contributed by atoms with Gasteiger partial charge in [0.2, 0.25) is 17.7 Å². The summed E-state index contributed by atoms with van der Waals surface area (Å²) in [4.78, 5) is 61.1. The Hall–Kier alpha value is -4.66. The number of aliphatic imine (C=N–C) groups is 1. The predicted molar refractivity (Wildman–Crippen MR) is 141 cm³/mol. The Morgan fingerprint density at radius 1 is 0.974 bits per heavy atom. The molecule has 1 aromatic carbocycles. The summed E-state index contributed by atoms with van der Waals surface area (Å²) in [5.41, 5.74) is 17.4. The van der Waals surface area contributed by atoms with Crippen molar-refractivity contribution < 1.29 is 29.4 Å². The van der Waals surface area contributed by atoms with E-state index in [4.69, 9.17) is 17.2 Å². The molecule has 212 valence electrons. The molecule has 3 amide bonds. The summed E-state index contributed by atoms with van der Waals surface area (Å²) in [6.45, 7) is 1.65. The molecule has 15 heteroatoms. The number of H-pyrrole nitrogens is 1. The van der Waals surface area contributed by atoms with Gasteiger partial charge in [0.05, 0.1) is 12.4 Å². The number of aliphatic carboxylic acids is 1. The molecule has 12 N–H and O–H groups in total. The molecule has 0 saturated heterocycles. The summed E-state index contributed by atoms with van der Waals surface area (Å²) in [7, 11) is 0. The molecule has 0 aliphatic carbocycles. The number of aromatic amines is 1. The van der Waals surface area contributed by atoms with Gasteiger partial charge in [-0.25, -0.2) is 9.78 Å². The van der Waals surface area contributed by atoms with Crippen LogP contribution in [-0.2, 0) is 32.0 Å². The van der Waals surface area contributed by atoms with Gasteiger partial charge in [-0.15, -0.1) is 0 Å². The molecule has 39 heavy (non-hydrogen) atoms. The quantitative estimate of drug-likeness (QED) is 0.0664. The highest BCUT2D eigenvalue weighted by atomic mass is 16.4. The van der Waals surface area contributed by atoms with Crippen LogP contribution >= 0.6 is 0 Å². The first-order valence-corrected chi connectivity index (χ1v) is 12.2. The second-order valence-electron chi connectivity index (χ2n) is 8.91. The molecule has 0 bridgehead atoms. The summed E-state index contributed by atoms with van der Waals surface area (Å²) in [5.74, 6) is -3.43. The Morgan fingerprint density at radius 3 is 2.15 bits per heavy atom. The molecule has 0 fully saturated rings. The van der Waals surface area contributed by atoms with Gasteiger partial charge in [-0.3, -0.25) is 19.4 Å². The van der Waals surface area contributed by atoms with Gasteiger partial charge in [0.15, 0.2) is 5.96 Å². The molecule has 0 radical (unpaired) electrons. The van der Waals surface area contributed by atoms with E-state index in [0.717, 1.165) is 0 Å². The molecule has 0 spiro atoms. The van der Waals surface area contributed by atoms with Crippen LogP contribution in [0.4, 0.5) is 0 Å². The zero-order chi connectivity index (χ0) is 28.9. The number of imidazole rings is 1. The van der Waals surface area contributed by atoms with Gasteiger partial charge in [0, 0.05) is 31.3 Å². The molecule has 2 rings (SSSR count). The number of carbonyl (C=O) groups excluding carboxylic acids is 3. The van der Waals surface area contributed by atoms with Crippen LogP contribution in [0.2, 0.25) is 0 Å². The second kappa shape index (κ2) is 14.9. The van der Waals surface area contributed by atoms with Crippen molar-refractivity contribution in [2.75, 3.05) is 6.54 Å². The maximum absolute atomic E-state index is 13.3. The average Bonchev–Trinajstić information content (AvgIpc) is 3.39. The normalized spacial score (nSPS) is 13.8. The van der Waals surface area contributed by atoms with Crippen LogP contribution in [0.5, 0.6) is 5.75 Å². The van der Waals surface area contributed by atoms with Crippen LogP contribution in [0, 0.1) is 0 Å². The molecule has 4 unspecified atom stereocenters. The third-order valence-electron chi connectivity index (χ3n) is 5.59. The van der Waals surface area contributed by atoms with Crippen LogP contribution in [0.1, 0.15) is 31.0 Å². The zero-order valence-corrected chi connectivity index (χ0v) is 21.5. The number of phenols is 1. The summed E-state index contributed by atoms with van der Waals surface area (Å²) >= 11 is 0. The van der Waals surface area contributed by atoms with E-state index in [1.54, 1.807) is 12.1 Å². The predicted octanol–water partition coefficient (Wildman–Crippen LogP) is -2.16. The molecule has 4 atom stereocenters. The Labute approximate surface area is 224 Å². The summed E-state index contributed by atoms with van der Waals surface area (Å²) in [6.07, 6.45) is 3.18. The number of hydrogen-bond donors (Lipinski definition) is 9. The number of nitrogens with two attached hydrogens (primary N) is 3. The van der Waals surface area contributed by atoms with Gasteiger partial charge >= 0.3 is 5.97 Å². The monoisotopic (exact) mass is 545 g/mol. The van der Waals surface area contributed by atoms with E-state index in [1.165, 1.54) is 31.6 Å². The van der Waals surface area contributed by atoms with Gasteiger partial charge in [-0.2, -0.15) is 0 Å². The molecule has 0 saturated carbocycles. The first-order valence-electron chi connectivity index (χ1n) is 12.2. The minimum atomic E-state index is -1.31.